The molecule has 4 nitrogen and oxygen atoms in total. The molecule has 122 valence electrons. The predicted molar refractivity (Wildman–Crippen MR) is 85.8 cm³/mol. The van der Waals surface area contributed by atoms with Crippen LogP contribution in [0, 0.1) is 11.7 Å². The number of hydrogen-bond acceptors (Lipinski definition) is 3. The van der Waals surface area contributed by atoms with Gasteiger partial charge < -0.3 is 15.5 Å². The lowest BCUT2D eigenvalue weighted by Gasteiger charge is -2.15. The Balaban J connectivity index is 1.84. The van der Waals surface area contributed by atoms with Crippen LogP contribution in [0.25, 0.3) is 0 Å². The number of aromatic carboxylic acids is 1. The van der Waals surface area contributed by atoms with E-state index in [9.17, 15) is 14.3 Å². The summed E-state index contributed by atoms with van der Waals surface area (Å²) in [6.45, 7) is 1.14. The number of rotatable bonds is 8. The molecule has 0 aromatic heterocycles. The number of carboxylic acid groups (broad SMARTS) is 1. The van der Waals surface area contributed by atoms with Crippen molar-refractivity contribution < 1.29 is 19.4 Å². The highest BCUT2D eigenvalue weighted by atomic mass is 19.1. The van der Waals surface area contributed by atoms with E-state index in [4.69, 9.17) is 5.11 Å². The third-order valence-corrected chi connectivity index (χ3v) is 3.63. The number of aliphatic hydroxyl groups is 1. The topological polar surface area (TPSA) is 69.6 Å². The first-order valence-corrected chi connectivity index (χ1v) is 7.46. The van der Waals surface area contributed by atoms with Crippen LogP contribution in [-0.2, 0) is 13.0 Å². The highest BCUT2D eigenvalue weighted by Gasteiger charge is 2.09. The Bertz CT molecular complexity index is 643. The van der Waals surface area contributed by atoms with Crippen molar-refractivity contribution in [1.29, 1.82) is 0 Å². The molecule has 1 atom stereocenters. The van der Waals surface area contributed by atoms with E-state index in [-0.39, 0.29) is 23.9 Å². The molecule has 5 heteroatoms. The molecule has 0 bridgehead atoms. The van der Waals surface area contributed by atoms with Gasteiger partial charge in [0.05, 0.1) is 5.56 Å². The van der Waals surface area contributed by atoms with Crippen molar-refractivity contribution >= 4 is 5.97 Å². The molecular formula is C18H20FNO3. The molecule has 0 spiro atoms. The molecule has 0 saturated carbocycles. The summed E-state index contributed by atoms with van der Waals surface area (Å²) in [5, 5.41) is 21.7. The lowest BCUT2D eigenvalue weighted by atomic mass is 10.00. The summed E-state index contributed by atoms with van der Waals surface area (Å²) >= 11 is 0. The molecule has 0 fully saturated rings. The van der Waals surface area contributed by atoms with Crippen LogP contribution in [0.2, 0.25) is 0 Å². The predicted octanol–water partition coefficient (Wildman–Crippen LogP) is 2.46. The fraction of sp³-hybridized carbons (Fsp3) is 0.278. The van der Waals surface area contributed by atoms with Gasteiger partial charge >= 0.3 is 5.97 Å². The lowest BCUT2D eigenvalue weighted by Crippen LogP contribution is -2.26. The fourth-order valence-corrected chi connectivity index (χ4v) is 2.39. The number of benzene rings is 2. The van der Waals surface area contributed by atoms with Gasteiger partial charge in [0, 0.05) is 19.7 Å². The quantitative estimate of drug-likeness (QED) is 0.699. The highest BCUT2D eigenvalue weighted by molar-refractivity contribution is 5.87. The molecule has 2 rings (SSSR count). The lowest BCUT2D eigenvalue weighted by molar-refractivity contribution is 0.0696. The minimum absolute atomic E-state index is 0.0168. The average molecular weight is 317 g/mol. The first kappa shape index (κ1) is 17.1. The van der Waals surface area contributed by atoms with Crippen LogP contribution >= 0.6 is 0 Å². The summed E-state index contributed by atoms with van der Waals surface area (Å²) in [5.74, 6) is -1.20. The SMILES string of the molecule is O=C(O)c1cccc(CNCC(CO)Cc2ccc(F)cc2)c1. The summed E-state index contributed by atoms with van der Waals surface area (Å²) in [5.41, 5.74) is 2.11. The van der Waals surface area contributed by atoms with Gasteiger partial charge in [-0.2, -0.15) is 0 Å². The summed E-state index contributed by atoms with van der Waals surface area (Å²) < 4.78 is 12.9. The van der Waals surface area contributed by atoms with Crippen LogP contribution in [0.3, 0.4) is 0 Å². The smallest absolute Gasteiger partial charge is 0.335 e. The van der Waals surface area contributed by atoms with Crippen molar-refractivity contribution in [2.24, 2.45) is 5.92 Å². The Morgan fingerprint density at radius 3 is 2.52 bits per heavy atom. The van der Waals surface area contributed by atoms with Crippen molar-refractivity contribution in [1.82, 2.24) is 5.32 Å². The molecule has 0 saturated heterocycles. The second-order valence-corrected chi connectivity index (χ2v) is 5.52. The molecule has 0 heterocycles. The summed E-state index contributed by atoms with van der Waals surface area (Å²) in [6, 6.07) is 13.0. The molecule has 0 aliphatic heterocycles. The number of aliphatic hydroxyl groups excluding tert-OH is 1. The van der Waals surface area contributed by atoms with Crippen LogP contribution in [0.4, 0.5) is 4.39 Å². The van der Waals surface area contributed by atoms with Gasteiger partial charge in [-0.25, -0.2) is 9.18 Å². The molecule has 0 radical (unpaired) electrons. The van der Waals surface area contributed by atoms with Gasteiger partial charge in [-0.1, -0.05) is 24.3 Å². The third-order valence-electron chi connectivity index (χ3n) is 3.63. The van der Waals surface area contributed by atoms with Crippen LogP contribution < -0.4 is 5.32 Å². The van der Waals surface area contributed by atoms with Gasteiger partial charge in [0.15, 0.2) is 0 Å². The second-order valence-electron chi connectivity index (χ2n) is 5.52. The second kappa shape index (κ2) is 8.41. The Morgan fingerprint density at radius 1 is 1.13 bits per heavy atom. The highest BCUT2D eigenvalue weighted by Crippen LogP contribution is 2.10. The van der Waals surface area contributed by atoms with E-state index in [1.807, 2.05) is 6.07 Å². The first-order chi connectivity index (χ1) is 11.1. The summed E-state index contributed by atoms with van der Waals surface area (Å²) in [7, 11) is 0. The number of carbonyl (C=O) groups is 1. The molecule has 2 aromatic rings. The maximum atomic E-state index is 12.9. The van der Waals surface area contributed by atoms with Gasteiger partial charge in [0.2, 0.25) is 0 Å². The standard InChI is InChI=1S/C18H20FNO3/c19-17-6-4-13(5-7-17)8-15(12-21)11-20-10-14-2-1-3-16(9-14)18(22)23/h1-7,9,15,20-21H,8,10-12H2,(H,22,23). The van der Waals surface area contributed by atoms with Gasteiger partial charge in [-0.3, -0.25) is 0 Å². The zero-order valence-electron chi connectivity index (χ0n) is 12.7. The van der Waals surface area contributed by atoms with E-state index in [0.717, 1.165) is 11.1 Å². The summed E-state index contributed by atoms with van der Waals surface area (Å²) in [4.78, 5) is 10.9. The molecule has 2 aromatic carbocycles. The van der Waals surface area contributed by atoms with Crippen LogP contribution in [0.1, 0.15) is 21.5 Å². The van der Waals surface area contributed by atoms with E-state index in [2.05, 4.69) is 5.32 Å². The van der Waals surface area contributed by atoms with Crippen molar-refractivity contribution in [2.45, 2.75) is 13.0 Å². The minimum atomic E-state index is -0.948. The first-order valence-electron chi connectivity index (χ1n) is 7.46. The molecule has 0 amide bonds. The van der Waals surface area contributed by atoms with E-state index in [1.54, 1.807) is 30.3 Å². The van der Waals surface area contributed by atoms with Crippen LogP contribution in [0.5, 0.6) is 0 Å². The van der Waals surface area contributed by atoms with Crippen molar-refractivity contribution in [2.75, 3.05) is 13.2 Å². The molecule has 3 N–H and O–H groups in total. The Morgan fingerprint density at radius 2 is 1.87 bits per heavy atom. The third kappa shape index (κ3) is 5.47. The molecular weight excluding hydrogens is 297 g/mol. The van der Waals surface area contributed by atoms with Crippen molar-refractivity contribution in [3.63, 3.8) is 0 Å². The molecule has 0 aliphatic rings. The van der Waals surface area contributed by atoms with Gasteiger partial charge in [0.1, 0.15) is 5.82 Å². The van der Waals surface area contributed by atoms with Crippen molar-refractivity contribution in [3.8, 4) is 0 Å². The monoisotopic (exact) mass is 317 g/mol. The van der Waals surface area contributed by atoms with Crippen LogP contribution in [-0.4, -0.2) is 29.3 Å². The maximum absolute atomic E-state index is 12.9. The molecule has 1 unspecified atom stereocenters. The Kier molecular flexibility index (Phi) is 6.26. The molecule has 23 heavy (non-hydrogen) atoms. The van der Waals surface area contributed by atoms with E-state index >= 15 is 0 Å². The largest absolute Gasteiger partial charge is 0.478 e. The van der Waals surface area contributed by atoms with Gasteiger partial charge in [-0.05, 0) is 47.7 Å². The number of carboxylic acids is 1. The van der Waals surface area contributed by atoms with E-state index < -0.39 is 5.97 Å². The number of hydrogen-bond donors (Lipinski definition) is 3. The fourth-order valence-electron chi connectivity index (χ4n) is 2.39. The van der Waals surface area contributed by atoms with Gasteiger partial charge in [0.25, 0.3) is 0 Å². The maximum Gasteiger partial charge on any atom is 0.335 e. The summed E-state index contributed by atoms with van der Waals surface area (Å²) in [6.07, 6.45) is 0.652. The number of halogens is 1. The van der Waals surface area contributed by atoms with Crippen LogP contribution in [0.15, 0.2) is 48.5 Å². The van der Waals surface area contributed by atoms with Crippen molar-refractivity contribution in [3.05, 3.63) is 71.0 Å². The van der Waals surface area contributed by atoms with E-state index in [1.165, 1.54) is 12.1 Å². The van der Waals surface area contributed by atoms with E-state index in [0.29, 0.717) is 19.5 Å². The zero-order chi connectivity index (χ0) is 16.7. The van der Waals surface area contributed by atoms with Gasteiger partial charge in [-0.15, -0.1) is 0 Å². The number of nitrogens with one attached hydrogen (secondary N) is 1. The average Bonchev–Trinajstić information content (AvgIpc) is 2.56. The zero-order valence-corrected chi connectivity index (χ0v) is 12.7. The normalized spacial score (nSPS) is 12.1. The Labute approximate surface area is 134 Å². The molecule has 0 aliphatic carbocycles. The Hall–Kier alpha value is -2.24. The minimum Gasteiger partial charge on any atom is -0.478 e.